The van der Waals surface area contributed by atoms with Crippen molar-refractivity contribution >= 4 is 23.7 Å². The van der Waals surface area contributed by atoms with Crippen molar-refractivity contribution < 1.29 is 0 Å². The van der Waals surface area contributed by atoms with Crippen molar-refractivity contribution in [2.75, 3.05) is 13.1 Å². The summed E-state index contributed by atoms with van der Waals surface area (Å²) in [6.07, 6.45) is 3.88. The number of nitrogens with two attached hydrogens (primary N) is 1. The van der Waals surface area contributed by atoms with Gasteiger partial charge in [-0.2, -0.15) is 0 Å². The van der Waals surface area contributed by atoms with Crippen LogP contribution in [-0.2, 0) is 6.54 Å². The van der Waals surface area contributed by atoms with Gasteiger partial charge in [-0.1, -0.05) is 6.42 Å². The predicted octanol–water partition coefficient (Wildman–Crippen LogP) is 2.19. The van der Waals surface area contributed by atoms with E-state index in [1.165, 1.54) is 31.5 Å². The number of aromatic nitrogens is 1. The lowest BCUT2D eigenvalue weighted by Crippen LogP contribution is -2.43. The Kier molecular flexibility index (Phi) is 5.69. The van der Waals surface area contributed by atoms with Crippen molar-refractivity contribution in [3.05, 3.63) is 16.1 Å². The van der Waals surface area contributed by atoms with E-state index in [1.807, 2.05) is 0 Å². The first kappa shape index (κ1) is 13.9. The predicted molar refractivity (Wildman–Crippen MR) is 71.2 cm³/mol. The molecular weight excluding hydrogens is 242 g/mol. The van der Waals surface area contributed by atoms with Gasteiger partial charge in [0.25, 0.3) is 0 Å². The second-order valence-corrected chi connectivity index (χ2v) is 5.28. The lowest BCUT2D eigenvalue weighted by Gasteiger charge is -2.34. The molecule has 0 saturated carbocycles. The molecular formula is C11H20ClN3S. The molecule has 1 unspecified atom stereocenters. The summed E-state index contributed by atoms with van der Waals surface area (Å²) in [6, 6.07) is 0.570. The summed E-state index contributed by atoms with van der Waals surface area (Å²) in [5.41, 5.74) is 7.00. The number of nitrogens with zero attached hydrogens (tertiary/aromatic N) is 2. The SMILES string of the molecule is Cc1nc(CN2CCCCC2CN)cs1.Cl. The summed E-state index contributed by atoms with van der Waals surface area (Å²) >= 11 is 1.73. The fourth-order valence-electron chi connectivity index (χ4n) is 2.22. The van der Waals surface area contributed by atoms with Crippen LogP contribution < -0.4 is 5.73 Å². The third kappa shape index (κ3) is 3.42. The largest absolute Gasteiger partial charge is 0.329 e. The van der Waals surface area contributed by atoms with Crippen molar-refractivity contribution in [3.8, 4) is 0 Å². The smallest absolute Gasteiger partial charge is 0.0897 e. The summed E-state index contributed by atoms with van der Waals surface area (Å²) in [5.74, 6) is 0. The Bertz CT molecular complexity index is 316. The van der Waals surface area contributed by atoms with E-state index in [2.05, 4.69) is 22.2 Å². The zero-order chi connectivity index (χ0) is 10.7. The zero-order valence-corrected chi connectivity index (χ0v) is 11.3. The van der Waals surface area contributed by atoms with Crippen LogP contribution in [0.3, 0.4) is 0 Å². The van der Waals surface area contributed by atoms with E-state index in [4.69, 9.17) is 5.73 Å². The third-order valence-corrected chi connectivity index (χ3v) is 3.88. The molecule has 1 aromatic heterocycles. The molecule has 0 aromatic carbocycles. The monoisotopic (exact) mass is 261 g/mol. The number of piperidine rings is 1. The Morgan fingerprint density at radius 2 is 2.38 bits per heavy atom. The van der Waals surface area contributed by atoms with E-state index in [9.17, 15) is 0 Å². The van der Waals surface area contributed by atoms with Crippen molar-refractivity contribution in [3.63, 3.8) is 0 Å². The molecule has 16 heavy (non-hydrogen) atoms. The second-order valence-electron chi connectivity index (χ2n) is 4.21. The van der Waals surface area contributed by atoms with Gasteiger partial charge in [0.15, 0.2) is 0 Å². The van der Waals surface area contributed by atoms with Gasteiger partial charge in [-0.15, -0.1) is 23.7 Å². The molecule has 2 rings (SSSR count). The highest BCUT2D eigenvalue weighted by Crippen LogP contribution is 2.19. The van der Waals surface area contributed by atoms with Crippen LogP contribution in [0.25, 0.3) is 0 Å². The molecule has 1 aromatic rings. The number of aryl methyl sites for hydroxylation is 1. The normalized spacial score (nSPS) is 21.8. The number of rotatable bonds is 3. The Morgan fingerprint density at radius 3 is 3.00 bits per heavy atom. The van der Waals surface area contributed by atoms with Gasteiger partial charge in [0.2, 0.25) is 0 Å². The zero-order valence-electron chi connectivity index (χ0n) is 9.69. The van der Waals surface area contributed by atoms with Gasteiger partial charge in [-0.25, -0.2) is 4.98 Å². The number of hydrogen-bond donors (Lipinski definition) is 1. The average molecular weight is 262 g/mol. The van der Waals surface area contributed by atoms with Crippen LogP contribution in [0.2, 0.25) is 0 Å². The van der Waals surface area contributed by atoms with Gasteiger partial charge < -0.3 is 5.73 Å². The Hall–Kier alpha value is -0.160. The van der Waals surface area contributed by atoms with Gasteiger partial charge in [0.1, 0.15) is 0 Å². The fraction of sp³-hybridized carbons (Fsp3) is 0.727. The number of thiazole rings is 1. The molecule has 0 amide bonds. The Labute approximate surface area is 107 Å². The standard InChI is InChI=1S/C11H19N3S.ClH/c1-9-13-10(8-15-9)7-14-5-3-2-4-11(14)6-12;/h8,11H,2-7,12H2,1H3;1H. The van der Waals surface area contributed by atoms with Crippen LogP contribution >= 0.6 is 23.7 Å². The molecule has 1 atom stereocenters. The van der Waals surface area contributed by atoms with Crippen LogP contribution in [0, 0.1) is 6.92 Å². The van der Waals surface area contributed by atoms with E-state index in [-0.39, 0.29) is 12.4 Å². The molecule has 2 N–H and O–H groups in total. The van der Waals surface area contributed by atoms with Gasteiger partial charge in [-0.3, -0.25) is 4.90 Å². The van der Waals surface area contributed by atoms with E-state index < -0.39 is 0 Å². The van der Waals surface area contributed by atoms with Crippen LogP contribution in [0.4, 0.5) is 0 Å². The van der Waals surface area contributed by atoms with E-state index in [1.54, 1.807) is 11.3 Å². The van der Waals surface area contributed by atoms with Crippen molar-refractivity contribution in [2.24, 2.45) is 5.73 Å². The maximum Gasteiger partial charge on any atom is 0.0897 e. The van der Waals surface area contributed by atoms with Crippen LogP contribution in [0.15, 0.2) is 5.38 Å². The lowest BCUT2D eigenvalue weighted by atomic mass is 10.0. The van der Waals surface area contributed by atoms with Gasteiger partial charge in [-0.05, 0) is 26.3 Å². The topological polar surface area (TPSA) is 42.2 Å². The highest BCUT2D eigenvalue weighted by atomic mass is 35.5. The maximum absolute atomic E-state index is 5.79. The van der Waals surface area contributed by atoms with E-state index in [0.29, 0.717) is 6.04 Å². The van der Waals surface area contributed by atoms with Crippen LogP contribution in [0.1, 0.15) is 30.0 Å². The molecule has 5 heteroatoms. The summed E-state index contributed by atoms with van der Waals surface area (Å²) < 4.78 is 0. The van der Waals surface area contributed by atoms with Crippen LogP contribution in [-0.4, -0.2) is 29.0 Å². The molecule has 2 heterocycles. The molecule has 1 saturated heterocycles. The second kappa shape index (κ2) is 6.55. The minimum absolute atomic E-state index is 0. The summed E-state index contributed by atoms with van der Waals surface area (Å²) in [6.45, 7) is 5.00. The third-order valence-electron chi connectivity index (χ3n) is 3.05. The molecule has 0 radical (unpaired) electrons. The first-order valence-corrected chi connectivity index (χ1v) is 6.52. The van der Waals surface area contributed by atoms with Gasteiger partial charge in [0, 0.05) is 24.5 Å². The van der Waals surface area contributed by atoms with Gasteiger partial charge >= 0.3 is 0 Å². The molecule has 92 valence electrons. The lowest BCUT2D eigenvalue weighted by molar-refractivity contribution is 0.143. The molecule has 0 bridgehead atoms. The molecule has 1 fully saturated rings. The summed E-state index contributed by atoms with van der Waals surface area (Å²) in [7, 11) is 0. The van der Waals surface area contributed by atoms with Crippen molar-refractivity contribution in [1.29, 1.82) is 0 Å². The highest BCUT2D eigenvalue weighted by Gasteiger charge is 2.21. The minimum atomic E-state index is 0. The minimum Gasteiger partial charge on any atom is -0.329 e. The molecule has 1 aliphatic rings. The van der Waals surface area contributed by atoms with Crippen molar-refractivity contribution in [2.45, 2.75) is 38.8 Å². The molecule has 3 nitrogen and oxygen atoms in total. The Morgan fingerprint density at radius 1 is 1.56 bits per heavy atom. The first-order valence-electron chi connectivity index (χ1n) is 5.64. The molecule has 1 aliphatic heterocycles. The van der Waals surface area contributed by atoms with Gasteiger partial charge in [0.05, 0.1) is 10.7 Å². The number of likely N-dealkylation sites (tertiary alicyclic amines) is 1. The summed E-state index contributed by atoms with van der Waals surface area (Å²) in [5, 5.41) is 3.32. The summed E-state index contributed by atoms with van der Waals surface area (Å²) in [4.78, 5) is 6.99. The highest BCUT2D eigenvalue weighted by molar-refractivity contribution is 7.09. The number of halogens is 1. The van der Waals surface area contributed by atoms with Crippen LogP contribution in [0.5, 0.6) is 0 Å². The quantitative estimate of drug-likeness (QED) is 0.907. The Balaban J connectivity index is 0.00000128. The van der Waals surface area contributed by atoms with E-state index >= 15 is 0 Å². The number of hydrogen-bond acceptors (Lipinski definition) is 4. The molecule has 0 spiro atoms. The molecule has 0 aliphatic carbocycles. The average Bonchev–Trinajstić information content (AvgIpc) is 2.65. The maximum atomic E-state index is 5.79. The fourth-order valence-corrected chi connectivity index (χ4v) is 2.83. The first-order chi connectivity index (χ1) is 7.29. The van der Waals surface area contributed by atoms with E-state index in [0.717, 1.165) is 18.1 Å². The van der Waals surface area contributed by atoms with Crippen molar-refractivity contribution in [1.82, 2.24) is 9.88 Å².